The van der Waals surface area contributed by atoms with Crippen LogP contribution in [0.15, 0.2) is 24.3 Å². The van der Waals surface area contributed by atoms with Gasteiger partial charge in [-0.15, -0.1) is 0 Å². The lowest BCUT2D eigenvalue weighted by molar-refractivity contribution is -0.137. The normalized spacial score (nSPS) is 14.6. The van der Waals surface area contributed by atoms with Gasteiger partial charge in [0.05, 0.1) is 11.7 Å². The summed E-state index contributed by atoms with van der Waals surface area (Å²) in [5.74, 6) is 0. The van der Waals surface area contributed by atoms with Crippen molar-refractivity contribution in [2.75, 3.05) is 6.54 Å². The molecule has 1 atom stereocenters. The number of rotatable bonds is 3. The van der Waals surface area contributed by atoms with Crippen LogP contribution in [-0.2, 0) is 6.18 Å². The Kier molecular flexibility index (Phi) is 4.40. The zero-order valence-corrected chi connectivity index (χ0v) is 10.7. The summed E-state index contributed by atoms with van der Waals surface area (Å²) in [4.78, 5) is 0. The summed E-state index contributed by atoms with van der Waals surface area (Å²) >= 11 is 0. The van der Waals surface area contributed by atoms with Crippen molar-refractivity contribution in [3.05, 3.63) is 35.4 Å². The molecule has 18 heavy (non-hydrogen) atoms. The van der Waals surface area contributed by atoms with Crippen LogP contribution >= 0.6 is 0 Å². The van der Waals surface area contributed by atoms with Crippen molar-refractivity contribution in [3.63, 3.8) is 0 Å². The molecule has 1 aromatic carbocycles. The monoisotopic (exact) mass is 261 g/mol. The van der Waals surface area contributed by atoms with Crippen LogP contribution in [0.2, 0.25) is 0 Å². The molecule has 0 saturated heterocycles. The number of hydrogen-bond acceptors (Lipinski definition) is 2. The van der Waals surface area contributed by atoms with Crippen LogP contribution in [0.4, 0.5) is 13.2 Å². The van der Waals surface area contributed by atoms with Gasteiger partial charge < -0.3 is 10.4 Å². The molecule has 0 aliphatic heterocycles. The van der Waals surface area contributed by atoms with Crippen LogP contribution in [0.1, 0.15) is 38.0 Å². The Bertz CT molecular complexity index is 379. The number of nitrogens with one attached hydrogen (secondary N) is 1. The number of hydrogen-bond donors (Lipinski definition) is 2. The molecule has 0 aliphatic rings. The zero-order chi connectivity index (χ0) is 14.0. The Hall–Kier alpha value is -1.07. The molecule has 0 fully saturated rings. The van der Waals surface area contributed by atoms with E-state index in [2.05, 4.69) is 5.32 Å². The summed E-state index contributed by atoms with van der Waals surface area (Å²) < 4.78 is 37.1. The number of benzene rings is 1. The minimum absolute atomic E-state index is 0.146. The van der Waals surface area contributed by atoms with Gasteiger partial charge in [-0.2, -0.15) is 13.2 Å². The van der Waals surface area contributed by atoms with Crippen molar-refractivity contribution in [1.29, 1.82) is 0 Å². The lowest BCUT2D eigenvalue weighted by Gasteiger charge is -2.23. The molecular weight excluding hydrogens is 243 g/mol. The van der Waals surface area contributed by atoms with Gasteiger partial charge in [0, 0.05) is 12.1 Å². The highest BCUT2D eigenvalue weighted by Gasteiger charge is 2.30. The highest BCUT2D eigenvalue weighted by molar-refractivity contribution is 5.26. The van der Waals surface area contributed by atoms with E-state index in [1.807, 2.05) is 20.8 Å². The van der Waals surface area contributed by atoms with Gasteiger partial charge in [-0.3, -0.25) is 0 Å². The van der Waals surface area contributed by atoms with Crippen LogP contribution in [0.25, 0.3) is 0 Å². The molecule has 0 saturated carbocycles. The lowest BCUT2D eigenvalue weighted by atomic mass is 10.0. The second kappa shape index (κ2) is 5.28. The lowest BCUT2D eigenvalue weighted by Crippen LogP contribution is -2.38. The number of aliphatic hydroxyl groups is 1. The first-order chi connectivity index (χ1) is 8.09. The molecule has 1 unspecified atom stereocenters. The van der Waals surface area contributed by atoms with E-state index in [1.54, 1.807) is 0 Å². The van der Waals surface area contributed by atoms with Crippen molar-refractivity contribution in [2.45, 2.75) is 38.6 Å². The first-order valence-electron chi connectivity index (χ1n) is 5.70. The van der Waals surface area contributed by atoms with E-state index in [0.29, 0.717) is 12.1 Å². The van der Waals surface area contributed by atoms with Crippen LogP contribution in [-0.4, -0.2) is 17.2 Å². The van der Waals surface area contributed by atoms with Crippen LogP contribution in [0.5, 0.6) is 0 Å². The van der Waals surface area contributed by atoms with Crippen LogP contribution in [0.3, 0.4) is 0 Å². The van der Waals surface area contributed by atoms with E-state index in [1.165, 1.54) is 12.1 Å². The average Bonchev–Trinajstić information content (AvgIpc) is 2.24. The molecule has 2 nitrogen and oxygen atoms in total. The molecule has 2 N–H and O–H groups in total. The van der Waals surface area contributed by atoms with Gasteiger partial charge in [0.2, 0.25) is 0 Å². The van der Waals surface area contributed by atoms with Gasteiger partial charge in [-0.25, -0.2) is 0 Å². The Labute approximate surface area is 105 Å². The summed E-state index contributed by atoms with van der Waals surface area (Å²) in [5, 5.41) is 12.9. The highest BCUT2D eigenvalue weighted by Crippen LogP contribution is 2.29. The fourth-order valence-corrected chi connectivity index (χ4v) is 1.41. The number of alkyl halides is 3. The summed E-state index contributed by atoms with van der Waals surface area (Å²) in [6.45, 7) is 6.15. The maximum Gasteiger partial charge on any atom is 0.416 e. The Morgan fingerprint density at radius 3 is 2.00 bits per heavy atom. The maximum atomic E-state index is 12.4. The van der Waals surface area contributed by atoms with E-state index in [4.69, 9.17) is 0 Å². The van der Waals surface area contributed by atoms with E-state index in [0.717, 1.165) is 12.1 Å². The van der Waals surface area contributed by atoms with Crippen molar-refractivity contribution >= 4 is 0 Å². The van der Waals surface area contributed by atoms with Gasteiger partial charge in [0.1, 0.15) is 0 Å². The zero-order valence-electron chi connectivity index (χ0n) is 10.7. The molecule has 1 rings (SSSR count). The predicted octanol–water partition coefficient (Wildman–Crippen LogP) is 3.13. The molecule has 102 valence electrons. The first kappa shape index (κ1) is 15.0. The third kappa shape index (κ3) is 4.66. The second-order valence-electron chi connectivity index (χ2n) is 5.27. The van der Waals surface area contributed by atoms with E-state index in [9.17, 15) is 18.3 Å². The summed E-state index contributed by atoms with van der Waals surface area (Å²) in [6.07, 6.45) is -5.15. The third-order valence-electron chi connectivity index (χ3n) is 2.45. The van der Waals surface area contributed by atoms with Gasteiger partial charge in [0.25, 0.3) is 0 Å². The standard InChI is InChI=1S/C13H18F3NO/c1-12(2,3)17-8-11(18)9-4-6-10(7-5-9)13(14,15)16/h4-7,11,17-18H,8H2,1-3H3. The SMILES string of the molecule is CC(C)(C)NCC(O)c1ccc(C(F)(F)F)cc1. The first-order valence-corrected chi connectivity index (χ1v) is 5.70. The predicted molar refractivity (Wildman–Crippen MR) is 64.2 cm³/mol. The van der Waals surface area contributed by atoms with E-state index in [-0.39, 0.29) is 5.54 Å². The summed E-state index contributed by atoms with van der Waals surface area (Å²) in [6, 6.07) is 4.57. The molecule has 0 amide bonds. The van der Waals surface area contributed by atoms with Gasteiger partial charge in [0.15, 0.2) is 0 Å². The Balaban J connectivity index is 2.68. The maximum absolute atomic E-state index is 12.4. The van der Waals surface area contributed by atoms with Gasteiger partial charge in [-0.05, 0) is 38.5 Å². The topological polar surface area (TPSA) is 32.3 Å². The molecule has 0 spiro atoms. The smallest absolute Gasteiger partial charge is 0.387 e. The fourth-order valence-electron chi connectivity index (χ4n) is 1.41. The average molecular weight is 261 g/mol. The minimum Gasteiger partial charge on any atom is -0.387 e. The van der Waals surface area contributed by atoms with Crippen molar-refractivity contribution < 1.29 is 18.3 Å². The third-order valence-corrected chi connectivity index (χ3v) is 2.45. The van der Waals surface area contributed by atoms with Gasteiger partial charge in [-0.1, -0.05) is 12.1 Å². The fraction of sp³-hybridized carbons (Fsp3) is 0.538. The largest absolute Gasteiger partial charge is 0.416 e. The Morgan fingerprint density at radius 2 is 1.61 bits per heavy atom. The van der Waals surface area contributed by atoms with Crippen LogP contribution in [0, 0.1) is 0 Å². The number of halogens is 3. The van der Waals surface area contributed by atoms with Crippen molar-refractivity contribution in [3.8, 4) is 0 Å². The number of aliphatic hydroxyl groups excluding tert-OH is 1. The molecule has 0 radical (unpaired) electrons. The molecule has 0 aromatic heterocycles. The quantitative estimate of drug-likeness (QED) is 0.876. The van der Waals surface area contributed by atoms with Gasteiger partial charge >= 0.3 is 6.18 Å². The number of β-amino-alcohol motifs (C(OH)–C–C–N with tert-alkyl or cyclic N) is 1. The molecule has 0 heterocycles. The van der Waals surface area contributed by atoms with E-state index < -0.39 is 17.8 Å². The summed E-state index contributed by atoms with van der Waals surface area (Å²) in [5.41, 5.74) is -0.380. The molecule has 0 aliphatic carbocycles. The van der Waals surface area contributed by atoms with Crippen LogP contribution < -0.4 is 5.32 Å². The molecule has 0 bridgehead atoms. The molecule has 5 heteroatoms. The minimum atomic E-state index is -4.34. The second-order valence-corrected chi connectivity index (χ2v) is 5.27. The molecule has 1 aromatic rings. The molecular formula is C13H18F3NO. The van der Waals surface area contributed by atoms with E-state index >= 15 is 0 Å². The van der Waals surface area contributed by atoms with Crippen molar-refractivity contribution in [2.24, 2.45) is 0 Å². The highest BCUT2D eigenvalue weighted by atomic mass is 19.4. The summed E-state index contributed by atoms with van der Waals surface area (Å²) in [7, 11) is 0. The van der Waals surface area contributed by atoms with Crippen molar-refractivity contribution in [1.82, 2.24) is 5.32 Å². The Morgan fingerprint density at radius 1 is 1.11 bits per heavy atom.